The van der Waals surface area contributed by atoms with E-state index in [4.69, 9.17) is 12.2 Å². The molecule has 0 radical (unpaired) electrons. The van der Waals surface area contributed by atoms with Crippen molar-refractivity contribution in [3.05, 3.63) is 67.8 Å². The molecule has 0 spiro atoms. The van der Waals surface area contributed by atoms with Crippen molar-refractivity contribution in [2.75, 3.05) is 37.6 Å². The molecular weight excluding hydrogens is 478 g/mol. The maximum absolute atomic E-state index is 13.5. The molecule has 2 fully saturated rings. The molecule has 1 aromatic heterocycles. The molecule has 4 rings (SSSR count). The lowest BCUT2D eigenvalue weighted by atomic mass is 10.0. The minimum atomic E-state index is -0.319. The lowest BCUT2D eigenvalue weighted by Crippen LogP contribution is -2.48. The van der Waals surface area contributed by atoms with Crippen LogP contribution in [-0.4, -0.2) is 57.3 Å². The van der Waals surface area contributed by atoms with Gasteiger partial charge in [0.15, 0.2) is 0 Å². The van der Waals surface area contributed by atoms with Gasteiger partial charge in [0.2, 0.25) is 0 Å². The highest BCUT2D eigenvalue weighted by molar-refractivity contribution is 8.26. The first-order valence-electron chi connectivity index (χ1n) is 11.7. The first-order valence-corrected chi connectivity index (χ1v) is 12.9. The molecule has 1 atom stereocenters. The summed E-state index contributed by atoms with van der Waals surface area (Å²) in [5, 5.41) is 9.71. The predicted molar refractivity (Wildman–Crippen MR) is 145 cm³/mol. The number of anilines is 1. The van der Waals surface area contributed by atoms with Crippen LogP contribution in [0.3, 0.4) is 0 Å². The van der Waals surface area contributed by atoms with Gasteiger partial charge in [-0.15, -0.1) is 0 Å². The highest BCUT2D eigenvalue weighted by Crippen LogP contribution is 2.39. The standard InChI is InChI=1S/C26H29N5O2S2/c1-5-29-11-13-30(14-12-29)23-20(17(2)21(16-27)24(32)28(23)4)15-22-25(33)31(26(34)35-22)18(3)19-9-7-6-8-10-19/h6-10,15,18H,5,11-14H2,1-4H3/b22-15-. The highest BCUT2D eigenvalue weighted by atomic mass is 32.2. The number of thiocarbonyl (C=S) groups is 1. The summed E-state index contributed by atoms with van der Waals surface area (Å²) in [5.41, 5.74) is 2.10. The van der Waals surface area contributed by atoms with Gasteiger partial charge < -0.3 is 9.80 Å². The fourth-order valence-electron chi connectivity index (χ4n) is 4.70. The van der Waals surface area contributed by atoms with Crippen molar-refractivity contribution in [2.24, 2.45) is 7.05 Å². The zero-order chi connectivity index (χ0) is 25.3. The third-order valence-electron chi connectivity index (χ3n) is 6.86. The van der Waals surface area contributed by atoms with E-state index in [9.17, 15) is 14.9 Å². The van der Waals surface area contributed by atoms with Crippen LogP contribution in [0.25, 0.3) is 6.08 Å². The molecule has 7 nitrogen and oxygen atoms in total. The highest BCUT2D eigenvalue weighted by Gasteiger charge is 2.36. The Labute approximate surface area is 215 Å². The second-order valence-electron chi connectivity index (χ2n) is 8.77. The molecule has 9 heteroatoms. The average Bonchev–Trinajstić information content (AvgIpc) is 3.15. The summed E-state index contributed by atoms with van der Waals surface area (Å²) in [6.07, 6.45) is 1.81. The molecule has 1 aromatic carbocycles. The summed E-state index contributed by atoms with van der Waals surface area (Å²) in [7, 11) is 1.70. The van der Waals surface area contributed by atoms with E-state index in [0.717, 1.165) is 49.7 Å². The SMILES string of the molecule is CCN1CCN(c2c(/C=C3\SC(=S)N(C(C)c4ccccc4)C3=O)c(C)c(C#N)c(=O)n2C)CC1. The fraction of sp³-hybridized carbons (Fsp3) is 0.385. The van der Waals surface area contributed by atoms with Crippen LogP contribution < -0.4 is 10.5 Å². The molecule has 1 amide bonds. The predicted octanol–water partition coefficient (Wildman–Crippen LogP) is 3.67. The van der Waals surface area contributed by atoms with Crippen molar-refractivity contribution in [1.82, 2.24) is 14.4 Å². The maximum atomic E-state index is 13.5. The first kappa shape index (κ1) is 25.2. The van der Waals surface area contributed by atoms with E-state index < -0.39 is 0 Å². The number of carbonyl (C=O) groups excluding carboxylic acids is 1. The van der Waals surface area contributed by atoms with Gasteiger partial charge in [-0.1, -0.05) is 61.2 Å². The summed E-state index contributed by atoms with van der Waals surface area (Å²) < 4.78 is 2.05. The molecule has 0 N–H and O–H groups in total. The molecule has 0 aliphatic carbocycles. The number of aromatic nitrogens is 1. The van der Waals surface area contributed by atoms with Crippen LogP contribution in [0.15, 0.2) is 40.0 Å². The van der Waals surface area contributed by atoms with E-state index >= 15 is 0 Å². The lowest BCUT2D eigenvalue weighted by Gasteiger charge is -2.37. The molecule has 0 saturated carbocycles. The first-order chi connectivity index (χ1) is 16.8. The van der Waals surface area contributed by atoms with Gasteiger partial charge in [0.25, 0.3) is 11.5 Å². The minimum Gasteiger partial charge on any atom is -0.355 e. The molecule has 182 valence electrons. The molecule has 2 saturated heterocycles. The van der Waals surface area contributed by atoms with Gasteiger partial charge in [0.1, 0.15) is 21.8 Å². The number of nitriles is 1. The Balaban J connectivity index is 1.78. The van der Waals surface area contributed by atoms with Crippen molar-refractivity contribution in [1.29, 1.82) is 5.26 Å². The maximum Gasteiger partial charge on any atom is 0.270 e. The van der Waals surface area contributed by atoms with E-state index in [1.165, 1.54) is 11.8 Å². The second kappa shape index (κ2) is 10.4. The number of pyridine rings is 1. The Bertz CT molecular complexity index is 1290. The van der Waals surface area contributed by atoms with Crippen LogP contribution in [0.1, 0.15) is 42.1 Å². The number of hydrogen-bond donors (Lipinski definition) is 0. The van der Waals surface area contributed by atoms with Crippen molar-refractivity contribution in [3.8, 4) is 6.07 Å². The zero-order valence-corrected chi connectivity index (χ0v) is 22.1. The normalized spacial score (nSPS) is 18.9. The number of rotatable bonds is 5. The number of thioether (sulfide) groups is 1. The van der Waals surface area contributed by atoms with Crippen LogP contribution in [0.4, 0.5) is 5.82 Å². The van der Waals surface area contributed by atoms with Crippen molar-refractivity contribution < 1.29 is 4.79 Å². The van der Waals surface area contributed by atoms with Crippen LogP contribution in [0.5, 0.6) is 0 Å². The largest absolute Gasteiger partial charge is 0.355 e. The number of nitrogens with zero attached hydrogens (tertiary/aromatic N) is 5. The molecule has 35 heavy (non-hydrogen) atoms. The number of benzene rings is 1. The Morgan fingerprint density at radius 1 is 1.17 bits per heavy atom. The summed E-state index contributed by atoms with van der Waals surface area (Å²) in [6.45, 7) is 10.2. The smallest absolute Gasteiger partial charge is 0.270 e. The third-order valence-corrected chi connectivity index (χ3v) is 8.19. The fourth-order valence-corrected chi connectivity index (χ4v) is 6.10. The zero-order valence-electron chi connectivity index (χ0n) is 20.4. The van der Waals surface area contributed by atoms with Gasteiger partial charge in [0, 0.05) is 38.8 Å². The number of carbonyl (C=O) groups is 1. The Morgan fingerprint density at radius 2 is 1.83 bits per heavy atom. The molecule has 3 heterocycles. The van der Waals surface area contributed by atoms with Gasteiger partial charge in [0.05, 0.1) is 10.9 Å². The average molecular weight is 508 g/mol. The number of piperazine rings is 1. The summed E-state index contributed by atoms with van der Waals surface area (Å²) in [6, 6.07) is 11.7. The molecule has 1 unspecified atom stereocenters. The summed E-state index contributed by atoms with van der Waals surface area (Å²) >= 11 is 6.87. The molecule has 2 aliphatic heterocycles. The van der Waals surface area contributed by atoms with E-state index in [1.807, 2.05) is 43.3 Å². The Hall–Kier alpha value is -2.93. The number of amides is 1. The summed E-state index contributed by atoms with van der Waals surface area (Å²) in [5.74, 6) is 0.577. The van der Waals surface area contributed by atoms with E-state index in [-0.39, 0.29) is 23.1 Å². The van der Waals surface area contributed by atoms with Crippen LogP contribution >= 0.6 is 24.0 Å². The number of hydrogen-bond acceptors (Lipinski definition) is 7. The topological polar surface area (TPSA) is 72.6 Å². The van der Waals surface area contributed by atoms with Crippen LogP contribution in [0.2, 0.25) is 0 Å². The Kier molecular flexibility index (Phi) is 7.45. The number of likely N-dealkylation sites (N-methyl/N-ethyl adjacent to an activating group) is 1. The van der Waals surface area contributed by atoms with Crippen molar-refractivity contribution in [2.45, 2.75) is 26.8 Å². The lowest BCUT2D eigenvalue weighted by molar-refractivity contribution is -0.123. The second-order valence-corrected chi connectivity index (χ2v) is 10.4. The third kappa shape index (κ3) is 4.66. The summed E-state index contributed by atoms with van der Waals surface area (Å²) in [4.78, 5) is 33.2. The van der Waals surface area contributed by atoms with Crippen molar-refractivity contribution in [3.63, 3.8) is 0 Å². The van der Waals surface area contributed by atoms with Gasteiger partial charge in [-0.05, 0) is 37.6 Å². The molecular formula is C26H29N5O2S2. The van der Waals surface area contributed by atoms with E-state index in [1.54, 1.807) is 23.4 Å². The molecule has 2 aliphatic rings. The van der Waals surface area contributed by atoms with Gasteiger partial charge >= 0.3 is 0 Å². The van der Waals surface area contributed by atoms with Gasteiger partial charge in [-0.25, -0.2) is 0 Å². The van der Waals surface area contributed by atoms with Gasteiger partial charge in [-0.3, -0.25) is 19.1 Å². The monoisotopic (exact) mass is 507 g/mol. The van der Waals surface area contributed by atoms with Gasteiger partial charge in [-0.2, -0.15) is 5.26 Å². The molecule has 0 bridgehead atoms. The van der Waals surface area contributed by atoms with E-state index in [0.29, 0.717) is 14.8 Å². The minimum absolute atomic E-state index is 0.0998. The molecule has 2 aromatic rings. The van der Waals surface area contributed by atoms with Crippen molar-refractivity contribution >= 4 is 46.1 Å². The van der Waals surface area contributed by atoms with E-state index in [2.05, 4.69) is 22.8 Å². The van der Waals surface area contributed by atoms with Crippen LogP contribution in [0, 0.1) is 18.3 Å². The quantitative estimate of drug-likeness (QED) is 0.452. The van der Waals surface area contributed by atoms with Crippen LogP contribution in [-0.2, 0) is 11.8 Å². The Morgan fingerprint density at radius 3 is 2.43 bits per heavy atom.